The van der Waals surface area contributed by atoms with Crippen molar-refractivity contribution in [2.24, 2.45) is 0 Å². The van der Waals surface area contributed by atoms with Crippen molar-refractivity contribution in [1.29, 1.82) is 0 Å². The van der Waals surface area contributed by atoms with Gasteiger partial charge in [-0.3, -0.25) is 0 Å². The molecule has 3 nitrogen and oxygen atoms in total. The molecule has 0 saturated heterocycles. The van der Waals surface area contributed by atoms with Gasteiger partial charge in [0.1, 0.15) is 11.5 Å². The van der Waals surface area contributed by atoms with Crippen molar-refractivity contribution in [2.75, 3.05) is 13.7 Å². The lowest BCUT2D eigenvalue weighted by Crippen LogP contribution is -2.13. The van der Waals surface area contributed by atoms with Gasteiger partial charge in [-0.05, 0) is 24.3 Å². The van der Waals surface area contributed by atoms with Crippen molar-refractivity contribution in [3.05, 3.63) is 58.6 Å². The topological polar surface area (TPSA) is 38.7 Å². The van der Waals surface area contributed by atoms with Crippen molar-refractivity contribution in [3.63, 3.8) is 0 Å². The predicted molar refractivity (Wildman–Crippen MR) is 77.6 cm³/mol. The summed E-state index contributed by atoms with van der Waals surface area (Å²) in [6, 6.07) is 13.0. The number of aliphatic hydroxyl groups excluding tert-OH is 1. The molecule has 4 heteroatoms. The fraction of sp³-hybridized carbons (Fsp3) is 0.250. The van der Waals surface area contributed by atoms with Crippen molar-refractivity contribution in [2.45, 2.75) is 12.0 Å². The lowest BCUT2D eigenvalue weighted by atomic mass is 9.90. The van der Waals surface area contributed by atoms with Gasteiger partial charge in [0.15, 0.2) is 0 Å². The number of halogens is 1. The molecule has 0 radical (unpaired) electrons. The zero-order chi connectivity index (χ0) is 14.1. The quantitative estimate of drug-likeness (QED) is 0.939. The number of hydrogen-bond acceptors (Lipinski definition) is 3. The molecule has 0 aliphatic carbocycles. The highest BCUT2D eigenvalue weighted by Crippen LogP contribution is 2.43. The van der Waals surface area contributed by atoms with E-state index in [1.165, 1.54) is 0 Å². The minimum Gasteiger partial charge on any atom is -0.496 e. The van der Waals surface area contributed by atoms with Crippen LogP contribution >= 0.6 is 11.6 Å². The van der Waals surface area contributed by atoms with Crippen LogP contribution in [0.5, 0.6) is 11.5 Å². The largest absolute Gasteiger partial charge is 0.496 e. The second kappa shape index (κ2) is 5.35. The fourth-order valence-corrected chi connectivity index (χ4v) is 2.78. The molecule has 0 amide bonds. The Labute approximate surface area is 122 Å². The number of methoxy groups -OCH3 is 1. The van der Waals surface area contributed by atoms with E-state index in [0.29, 0.717) is 22.9 Å². The van der Waals surface area contributed by atoms with E-state index in [1.54, 1.807) is 25.3 Å². The van der Waals surface area contributed by atoms with Crippen LogP contribution in [0.25, 0.3) is 0 Å². The van der Waals surface area contributed by atoms with Gasteiger partial charge in [-0.15, -0.1) is 0 Å². The van der Waals surface area contributed by atoms with E-state index in [-0.39, 0.29) is 5.92 Å². The standard InChI is InChI=1S/C16H15ClO3/c1-19-14-7-6-10(17)8-12(14)16(18)13-9-20-15-5-3-2-4-11(13)15/h2-8,13,16,18H,9H2,1H3. The summed E-state index contributed by atoms with van der Waals surface area (Å²) in [5.74, 6) is 1.35. The molecule has 104 valence electrons. The first-order valence-corrected chi connectivity index (χ1v) is 6.81. The van der Waals surface area contributed by atoms with Crippen LogP contribution in [0, 0.1) is 0 Å². The highest BCUT2D eigenvalue weighted by atomic mass is 35.5. The Kier molecular flexibility index (Phi) is 3.55. The van der Waals surface area contributed by atoms with Crippen LogP contribution in [-0.4, -0.2) is 18.8 Å². The monoisotopic (exact) mass is 290 g/mol. The third-order valence-corrected chi connectivity index (χ3v) is 3.86. The third-order valence-electron chi connectivity index (χ3n) is 3.63. The van der Waals surface area contributed by atoms with Gasteiger partial charge in [0.2, 0.25) is 0 Å². The first kappa shape index (κ1) is 13.3. The molecule has 20 heavy (non-hydrogen) atoms. The highest BCUT2D eigenvalue weighted by molar-refractivity contribution is 6.30. The zero-order valence-corrected chi connectivity index (χ0v) is 11.8. The van der Waals surface area contributed by atoms with Gasteiger partial charge < -0.3 is 14.6 Å². The van der Waals surface area contributed by atoms with Gasteiger partial charge in [0.05, 0.1) is 25.7 Å². The summed E-state index contributed by atoms with van der Waals surface area (Å²) < 4.78 is 10.9. The molecule has 1 N–H and O–H groups in total. The van der Waals surface area contributed by atoms with Crippen LogP contribution in [0.4, 0.5) is 0 Å². The summed E-state index contributed by atoms with van der Waals surface area (Å²) in [5, 5.41) is 11.3. The smallest absolute Gasteiger partial charge is 0.124 e. The lowest BCUT2D eigenvalue weighted by molar-refractivity contribution is 0.127. The van der Waals surface area contributed by atoms with Gasteiger partial charge in [-0.1, -0.05) is 29.8 Å². The van der Waals surface area contributed by atoms with E-state index in [4.69, 9.17) is 21.1 Å². The molecule has 0 spiro atoms. The Hall–Kier alpha value is -1.71. The zero-order valence-electron chi connectivity index (χ0n) is 11.0. The molecule has 2 atom stereocenters. The maximum atomic E-state index is 10.7. The van der Waals surface area contributed by atoms with Crippen molar-refractivity contribution in [3.8, 4) is 11.5 Å². The van der Waals surface area contributed by atoms with Crippen LogP contribution in [0.15, 0.2) is 42.5 Å². The summed E-state index contributed by atoms with van der Waals surface area (Å²) >= 11 is 6.03. The minimum atomic E-state index is -0.715. The summed E-state index contributed by atoms with van der Waals surface area (Å²) in [7, 11) is 1.58. The van der Waals surface area contributed by atoms with Crippen LogP contribution < -0.4 is 9.47 Å². The minimum absolute atomic E-state index is 0.112. The molecule has 0 bridgehead atoms. The van der Waals surface area contributed by atoms with Crippen molar-refractivity contribution in [1.82, 2.24) is 0 Å². The SMILES string of the molecule is COc1ccc(Cl)cc1C(O)C1COc2ccccc21. The molecule has 0 fully saturated rings. The Balaban J connectivity index is 1.98. The average molecular weight is 291 g/mol. The van der Waals surface area contributed by atoms with Crippen LogP contribution in [0.3, 0.4) is 0 Å². The molecular weight excluding hydrogens is 276 g/mol. The Bertz CT molecular complexity index is 627. The van der Waals surface area contributed by atoms with Crippen molar-refractivity contribution >= 4 is 11.6 Å². The van der Waals surface area contributed by atoms with Crippen LogP contribution in [0.2, 0.25) is 5.02 Å². The van der Waals surface area contributed by atoms with Crippen LogP contribution in [-0.2, 0) is 0 Å². The molecule has 1 heterocycles. The van der Waals surface area contributed by atoms with Gasteiger partial charge >= 0.3 is 0 Å². The molecule has 0 saturated carbocycles. The summed E-state index contributed by atoms with van der Waals surface area (Å²) in [5.41, 5.74) is 1.70. The number of para-hydroxylation sites is 1. The molecule has 2 aromatic carbocycles. The maximum Gasteiger partial charge on any atom is 0.124 e. The maximum absolute atomic E-state index is 10.7. The Morgan fingerprint density at radius 1 is 1.30 bits per heavy atom. The summed E-state index contributed by atoms with van der Waals surface area (Å²) in [4.78, 5) is 0. The van der Waals surface area contributed by atoms with Gasteiger partial charge in [-0.2, -0.15) is 0 Å². The first-order valence-electron chi connectivity index (χ1n) is 6.44. The molecule has 1 aliphatic rings. The Morgan fingerprint density at radius 3 is 2.90 bits per heavy atom. The molecule has 0 aromatic heterocycles. The van der Waals surface area contributed by atoms with E-state index in [1.807, 2.05) is 24.3 Å². The van der Waals surface area contributed by atoms with E-state index in [9.17, 15) is 5.11 Å². The van der Waals surface area contributed by atoms with Gasteiger partial charge in [0.25, 0.3) is 0 Å². The summed E-state index contributed by atoms with van der Waals surface area (Å²) in [6.07, 6.45) is -0.715. The molecule has 1 aliphatic heterocycles. The van der Waals surface area contributed by atoms with Crippen LogP contribution in [0.1, 0.15) is 23.1 Å². The number of rotatable bonds is 3. The molecular formula is C16H15ClO3. The van der Waals surface area contributed by atoms with E-state index in [2.05, 4.69) is 0 Å². The number of benzene rings is 2. The highest BCUT2D eigenvalue weighted by Gasteiger charge is 2.32. The van der Waals surface area contributed by atoms with Crippen molar-refractivity contribution < 1.29 is 14.6 Å². The molecule has 3 rings (SSSR count). The number of hydrogen-bond donors (Lipinski definition) is 1. The van der Waals surface area contributed by atoms with E-state index in [0.717, 1.165) is 11.3 Å². The fourth-order valence-electron chi connectivity index (χ4n) is 2.60. The molecule has 2 unspecified atom stereocenters. The van der Waals surface area contributed by atoms with E-state index >= 15 is 0 Å². The average Bonchev–Trinajstić information content (AvgIpc) is 2.90. The summed E-state index contributed by atoms with van der Waals surface area (Å²) in [6.45, 7) is 0.455. The Morgan fingerprint density at radius 2 is 2.10 bits per heavy atom. The number of aliphatic hydroxyl groups is 1. The second-order valence-corrected chi connectivity index (χ2v) is 5.22. The second-order valence-electron chi connectivity index (χ2n) is 4.79. The van der Waals surface area contributed by atoms with Gasteiger partial charge in [0, 0.05) is 16.1 Å². The first-order chi connectivity index (χ1) is 9.70. The molecule has 2 aromatic rings. The number of ether oxygens (including phenoxy) is 2. The normalized spacial score (nSPS) is 18.2. The predicted octanol–water partition coefficient (Wildman–Crippen LogP) is 3.56. The van der Waals surface area contributed by atoms with Gasteiger partial charge in [-0.25, -0.2) is 0 Å². The lowest BCUT2D eigenvalue weighted by Gasteiger charge is -2.20. The third kappa shape index (κ3) is 2.23. The number of fused-ring (bicyclic) bond motifs is 1. The van der Waals surface area contributed by atoms with E-state index < -0.39 is 6.10 Å².